The molecule has 0 aromatic carbocycles. The first-order valence-electron chi connectivity index (χ1n) is 5.09. The molecule has 3 nitrogen and oxygen atoms in total. The molecule has 13 heavy (non-hydrogen) atoms. The number of rotatable bonds is 1. The average Bonchev–Trinajstić information content (AvgIpc) is 2.02. The summed E-state index contributed by atoms with van der Waals surface area (Å²) in [6.07, 6.45) is 3.18. The van der Waals surface area contributed by atoms with Gasteiger partial charge in [0.15, 0.2) is 0 Å². The maximum atomic E-state index is 11.9. The van der Waals surface area contributed by atoms with E-state index in [0.717, 1.165) is 32.5 Å². The van der Waals surface area contributed by atoms with Crippen molar-refractivity contribution in [2.24, 2.45) is 5.41 Å². The van der Waals surface area contributed by atoms with Crippen molar-refractivity contribution in [1.82, 2.24) is 4.90 Å². The summed E-state index contributed by atoms with van der Waals surface area (Å²) >= 11 is 0. The van der Waals surface area contributed by atoms with Crippen molar-refractivity contribution >= 4 is 5.91 Å². The number of hydrogen-bond acceptors (Lipinski definition) is 2. The van der Waals surface area contributed by atoms with E-state index in [2.05, 4.69) is 0 Å². The Kier molecular flexibility index (Phi) is 2.28. The smallest absolute Gasteiger partial charge is 0.230 e. The molecular weight excluding hydrogens is 166 g/mol. The van der Waals surface area contributed by atoms with Gasteiger partial charge in [0.1, 0.15) is 0 Å². The Morgan fingerprint density at radius 1 is 1.38 bits per heavy atom. The summed E-state index contributed by atoms with van der Waals surface area (Å²) in [6, 6.07) is 0. The van der Waals surface area contributed by atoms with E-state index in [1.165, 1.54) is 6.42 Å². The van der Waals surface area contributed by atoms with Crippen molar-refractivity contribution in [1.29, 1.82) is 0 Å². The zero-order valence-electron chi connectivity index (χ0n) is 8.21. The minimum atomic E-state index is -0.224. The topological polar surface area (TPSA) is 29.5 Å². The molecule has 2 heterocycles. The Morgan fingerprint density at radius 3 is 2.62 bits per heavy atom. The number of ether oxygens (including phenoxy) is 1. The molecule has 0 saturated carbocycles. The van der Waals surface area contributed by atoms with Crippen LogP contribution in [0.5, 0.6) is 0 Å². The fourth-order valence-electron chi connectivity index (χ4n) is 2.00. The van der Waals surface area contributed by atoms with Crippen molar-refractivity contribution < 1.29 is 9.53 Å². The molecule has 0 spiro atoms. The van der Waals surface area contributed by atoms with Crippen LogP contribution in [0.25, 0.3) is 0 Å². The van der Waals surface area contributed by atoms with Crippen molar-refractivity contribution in [3.05, 3.63) is 0 Å². The summed E-state index contributed by atoms with van der Waals surface area (Å²) in [7, 11) is 0. The highest BCUT2D eigenvalue weighted by Crippen LogP contribution is 2.31. The molecule has 2 aliphatic heterocycles. The molecule has 0 aliphatic carbocycles. The summed E-state index contributed by atoms with van der Waals surface area (Å²) in [4.78, 5) is 13.9. The van der Waals surface area contributed by atoms with E-state index >= 15 is 0 Å². The van der Waals surface area contributed by atoms with Crippen LogP contribution < -0.4 is 0 Å². The lowest BCUT2D eigenvalue weighted by Crippen LogP contribution is -2.51. The van der Waals surface area contributed by atoms with Crippen molar-refractivity contribution in [3.63, 3.8) is 0 Å². The molecule has 1 amide bonds. The molecule has 74 valence electrons. The highest BCUT2D eigenvalue weighted by atomic mass is 16.5. The van der Waals surface area contributed by atoms with Crippen LogP contribution in [0.4, 0.5) is 0 Å². The minimum absolute atomic E-state index is 0.224. The highest BCUT2D eigenvalue weighted by Gasteiger charge is 2.39. The summed E-state index contributed by atoms with van der Waals surface area (Å²) in [5.74, 6) is 0.304. The fraction of sp³-hybridized carbons (Fsp3) is 0.900. The number of carbonyl (C=O) groups excluding carboxylic acids is 1. The Balaban J connectivity index is 1.99. The molecule has 2 aliphatic rings. The monoisotopic (exact) mass is 183 g/mol. The van der Waals surface area contributed by atoms with Crippen LogP contribution in [-0.2, 0) is 9.53 Å². The van der Waals surface area contributed by atoms with Gasteiger partial charge in [0.2, 0.25) is 5.91 Å². The predicted octanol–water partition coefficient (Wildman–Crippen LogP) is 1.04. The van der Waals surface area contributed by atoms with E-state index in [-0.39, 0.29) is 5.41 Å². The Hall–Kier alpha value is -0.570. The molecule has 0 aromatic rings. The molecule has 0 N–H and O–H groups in total. The third-order valence-corrected chi connectivity index (χ3v) is 3.10. The Labute approximate surface area is 79.0 Å². The van der Waals surface area contributed by atoms with Gasteiger partial charge in [-0.1, -0.05) is 0 Å². The molecule has 2 fully saturated rings. The van der Waals surface area contributed by atoms with Crippen molar-refractivity contribution in [2.45, 2.75) is 26.2 Å². The normalized spacial score (nSPS) is 34.1. The fourth-order valence-corrected chi connectivity index (χ4v) is 2.00. The van der Waals surface area contributed by atoms with Gasteiger partial charge in [-0.2, -0.15) is 0 Å². The molecule has 0 radical (unpaired) electrons. The van der Waals surface area contributed by atoms with Gasteiger partial charge in [-0.15, -0.1) is 0 Å². The van der Waals surface area contributed by atoms with Crippen molar-refractivity contribution in [2.75, 3.05) is 26.3 Å². The second-order valence-corrected chi connectivity index (χ2v) is 4.36. The standard InChI is InChI=1S/C10H17NO2/c1-10(4-2-7-13-8-10)9(12)11-5-3-6-11/h2-8H2,1H3. The molecule has 0 bridgehead atoms. The number of amides is 1. The zero-order valence-corrected chi connectivity index (χ0v) is 8.21. The SMILES string of the molecule is CC1(C(=O)N2CCC2)CCCOC1. The van der Waals surface area contributed by atoms with Gasteiger partial charge < -0.3 is 9.64 Å². The van der Waals surface area contributed by atoms with Crippen LogP contribution in [0, 0.1) is 5.41 Å². The minimum Gasteiger partial charge on any atom is -0.380 e. The van der Waals surface area contributed by atoms with Crippen molar-refractivity contribution in [3.8, 4) is 0 Å². The maximum absolute atomic E-state index is 11.9. The van der Waals surface area contributed by atoms with E-state index in [9.17, 15) is 4.79 Å². The first kappa shape index (κ1) is 9.00. The molecule has 2 saturated heterocycles. The van der Waals surface area contributed by atoms with E-state index in [1.54, 1.807) is 0 Å². The van der Waals surface area contributed by atoms with Gasteiger partial charge in [-0.05, 0) is 26.2 Å². The van der Waals surface area contributed by atoms with Gasteiger partial charge in [-0.25, -0.2) is 0 Å². The third kappa shape index (κ3) is 1.57. The van der Waals surface area contributed by atoms with E-state index in [1.807, 2.05) is 11.8 Å². The first-order chi connectivity index (χ1) is 6.22. The summed E-state index contributed by atoms with van der Waals surface area (Å²) in [5.41, 5.74) is -0.224. The second kappa shape index (κ2) is 3.29. The molecule has 1 atom stereocenters. The van der Waals surface area contributed by atoms with E-state index in [0.29, 0.717) is 12.5 Å². The zero-order chi connectivity index (χ0) is 9.31. The Bertz CT molecular complexity index is 205. The van der Waals surface area contributed by atoms with Gasteiger partial charge >= 0.3 is 0 Å². The highest BCUT2D eigenvalue weighted by molar-refractivity contribution is 5.83. The predicted molar refractivity (Wildman–Crippen MR) is 49.4 cm³/mol. The lowest BCUT2D eigenvalue weighted by molar-refractivity contribution is -0.152. The summed E-state index contributed by atoms with van der Waals surface area (Å²) in [5, 5.41) is 0. The molecule has 1 unspecified atom stereocenters. The van der Waals surface area contributed by atoms with Gasteiger partial charge in [-0.3, -0.25) is 4.79 Å². The molecular formula is C10H17NO2. The van der Waals surface area contributed by atoms with Crippen LogP contribution >= 0.6 is 0 Å². The lowest BCUT2D eigenvalue weighted by Gasteiger charge is -2.40. The van der Waals surface area contributed by atoms with Crippen LogP contribution in [0.2, 0.25) is 0 Å². The Morgan fingerprint density at radius 2 is 2.15 bits per heavy atom. The number of hydrogen-bond donors (Lipinski definition) is 0. The second-order valence-electron chi connectivity index (χ2n) is 4.36. The lowest BCUT2D eigenvalue weighted by atomic mass is 9.82. The summed E-state index contributed by atoms with van der Waals surface area (Å²) < 4.78 is 5.38. The number of likely N-dealkylation sites (tertiary alicyclic amines) is 1. The van der Waals surface area contributed by atoms with Gasteiger partial charge in [0.25, 0.3) is 0 Å². The van der Waals surface area contributed by atoms with E-state index in [4.69, 9.17) is 4.74 Å². The van der Waals surface area contributed by atoms with Crippen LogP contribution in [0.3, 0.4) is 0 Å². The van der Waals surface area contributed by atoms with Gasteiger partial charge in [0, 0.05) is 19.7 Å². The number of carbonyl (C=O) groups is 1. The largest absolute Gasteiger partial charge is 0.380 e. The molecule has 2 rings (SSSR count). The van der Waals surface area contributed by atoms with Gasteiger partial charge in [0.05, 0.1) is 12.0 Å². The van der Waals surface area contributed by atoms with Crippen LogP contribution in [-0.4, -0.2) is 37.1 Å². The quantitative estimate of drug-likeness (QED) is 0.608. The van der Waals surface area contributed by atoms with Crippen LogP contribution in [0.15, 0.2) is 0 Å². The summed E-state index contributed by atoms with van der Waals surface area (Å²) in [6.45, 7) is 5.38. The maximum Gasteiger partial charge on any atom is 0.230 e. The third-order valence-electron chi connectivity index (χ3n) is 3.10. The number of nitrogens with zero attached hydrogens (tertiary/aromatic N) is 1. The average molecular weight is 183 g/mol. The van der Waals surface area contributed by atoms with E-state index < -0.39 is 0 Å². The molecule has 0 aromatic heterocycles. The first-order valence-corrected chi connectivity index (χ1v) is 5.09. The molecule has 3 heteroatoms. The van der Waals surface area contributed by atoms with Crippen LogP contribution in [0.1, 0.15) is 26.2 Å².